The van der Waals surface area contributed by atoms with Crippen LogP contribution >= 0.6 is 0 Å². The van der Waals surface area contributed by atoms with Crippen LogP contribution < -0.4 is 5.73 Å². The molecule has 0 aromatic heterocycles. The van der Waals surface area contributed by atoms with Crippen LogP contribution in [0, 0.1) is 12.0 Å². The van der Waals surface area contributed by atoms with Gasteiger partial charge in [0.15, 0.2) is 0 Å². The van der Waals surface area contributed by atoms with E-state index in [1.807, 2.05) is 24.3 Å². The second-order valence-corrected chi connectivity index (χ2v) is 3.55. The minimum absolute atomic E-state index is 0.0857. The van der Waals surface area contributed by atoms with Crippen molar-refractivity contribution in [3.63, 3.8) is 0 Å². The number of benzene rings is 1. The first kappa shape index (κ1) is 8.30. The molecule has 1 fully saturated rings. The molecule has 1 aromatic rings. The number of hydrogen-bond acceptors (Lipinski definition) is 1. The van der Waals surface area contributed by atoms with Crippen LogP contribution in [-0.2, 0) is 4.79 Å². The first-order valence-corrected chi connectivity index (χ1v) is 4.54. The second kappa shape index (κ2) is 3.21. The standard InChI is InChI=1S/C11H12NO/c12-11(13)10(9-6-7-9)8-4-2-1-3-5-8/h1-2,4-5,9-10H,6-7H2,(H2,12,13). The van der Waals surface area contributed by atoms with Crippen LogP contribution in [0.1, 0.15) is 24.3 Å². The molecule has 13 heavy (non-hydrogen) atoms. The van der Waals surface area contributed by atoms with Gasteiger partial charge in [-0.1, -0.05) is 24.3 Å². The lowest BCUT2D eigenvalue weighted by Gasteiger charge is -2.11. The van der Waals surface area contributed by atoms with E-state index in [0.717, 1.165) is 18.4 Å². The van der Waals surface area contributed by atoms with Gasteiger partial charge in [0, 0.05) is 0 Å². The van der Waals surface area contributed by atoms with Gasteiger partial charge in [0.05, 0.1) is 5.92 Å². The number of primary amides is 1. The lowest BCUT2D eigenvalue weighted by Crippen LogP contribution is -2.22. The SMILES string of the molecule is NC(=O)C(c1c[c]ccc1)C1CC1. The number of carbonyl (C=O) groups excluding carboxylic acids is 1. The van der Waals surface area contributed by atoms with Crippen molar-refractivity contribution in [2.45, 2.75) is 18.8 Å². The lowest BCUT2D eigenvalue weighted by atomic mass is 9.94. The molecule has 1 aromatic carbocycles. The minimum atomic E-state index is -0.206. The summed E-state index contributed by atoms with van der Waals surface area (Å²) in [5.41, 5.74) is 6.37. The second-order valence-electron chi connectivity index (χ2n) is 3.55. The summed E-state index contributed by atoms with van der Waals surface area (Å²) in [6.07, 6.45) is 2.25. The zero-order valence-electron chi connectivity index (χ0n) is 7.36. The van der Waals surface area contributed by atoms with E-state index < -0.39 is 0 Å². The Hall–Kier alpha value is -1.31. The first-order valence-electron chi connectivity index (χ1n) is 4.54. The maximum atomic E-state index is 11.2. The molecule has 1 radical (unpaired) electrons. The Balaban J connectivity index is 2.25. The molecule has 2 heteroatoms. The van der Waals surface area contributed by atoms with Crippen LogP contribution in [0.25, 0.3) is 0 Å². The van der Waals surface area contributed by atoms with Gasteiger partial charge in [0.1, 0.15) is 0 Å². The fourth-order valence-electron chi connectivity index (χ4n) is 1.70. The first-order chi connectivity index (χ1) is 6.29. The van der Waals surface area contributed by atoms with Gasteiger partial charge in [-0.05, 0) is 30.4 Å². The summed E-state index contributed by atoms with van der Waals surface area (Å²) in [6, 6.07) is 10.5. The summed E-state index contributed by atoms with van der Waals surface area (Å²) in [7, 11) is 0. The minimum Gasteiger partial charge on any atom is -0.369 e. The van der Waals surface area contributed by atoms with Crippen LogP contribution in [0.15, 0.2) is 24.3 Å². The average molecular weight is 174 g/mol. The normalized spacial score (nSPS) is 18.2. The summed E-state index contributed by atoms with van der Waals surface area (Å²) in [4.78, 5) is 11.2. The quantitative estimate of drug-likeness (QED) is 0.740. The van der Waals surface area contributed by atoms with E-state index in [4.69, 9.17) is 5.73 Å². The highest BCUT2D eigenvalue weighted by Crippen LogP contribution is 2.42. The van der Waals surface area contributed by atoms with Crippen molar-refractivity contribution in [3.05, 3.63) is 35.9 Å². The molecule has 0 aliphatic heterocycles. The van der Waals surface area contributed by atoms with Gasteiger partial charge in [-0.15, -0.1) is 0 Å². The molecule has 2 N–H and O–H groups in total. The van der Waals surface area contributed by atoms with Gasteiger partial charge >= 0.3 is 0 Å². The third-order valence-corrected chi connectivity index (χ3v) is 2.49. The highest BCUT2D eigenvalue weighted by atomic mass is 16.1. The van der Waals surface area contributed by atoms with Crippen LogP contribution in [-0.4, -0.2) is 5.91 Å². The van der Waals surface area contributed by atoms with Crippen molar-refractivity contribution in [3.8, 4) is 0 Å². The molecule has 0 saturated heterocycles. The highest BCUT2D eigenvalue weighted by Gasteiger charge is 2.35. The molecule has 67 valence electrons. The summed E-state index contributed by atoms with van der Waals surface area (Å²) >= 11 is 0. The van der Waals surface area contributed by atoms with Crippen LogP contribution in [0.3, 0.4) is 0 Å². The lowest BCUT2D eigenvalue weighted by molar-refractivity contribution is -0.119. The zero-order chi connectivity index (χ0) is 9.26. The predicted octanol–water partition coefficient (Wildman–Crippen LogP) is 1.47. The third-order valence-electron chi connectivity index (χ3n) is 2.49. The zero-order valence-corrected chi connectivity index (χ0v) is 7.36. The molecule has 1 amide bonds. The van der Waals surface area contributed by atoms with Crippen molar-refractivity contribution in [1.82, 2.24) is 0 Å². The summed E-state index contributed by atoms with van der Waals surface area (Å²) in [5.74, 6) is 0.188. The van der Waals surface area contributed by atoms with Crippen molar-refractivity contribution >= 4 is 5.91 Å². The van der Waals surface area contributed by atoms with E-state index in [0.29, 0.717) is 5.92 Å². The van der Waals surface area contributed by atoms with Crippen LogP contribution in [0.5, 0.6) is 0 Å². The maximum absolute atomic E-state index is 11.2. The molecule has 1 unspecified atom stereocenters. The van der Waals surface area contributed by atoms with E-state index >= 15 is 0 Å². The molecule has 1 aliphatic rings. The Labute approximate surface area is 77.8 Å². The molecule has 1 saturated carbocycles. The summed E-state index contributed by atoms with van der Waals surface area (Å²) in [5, 5.41) is 0. The smallest absolute Gasteiger partial charge is 0.225 e. The van der Waals surface area contributed by atoms with E-state index in [1.165, 1.54) is 0 Å². The molecular formula is C11H12NO. The molecule has 2 nitrogen and oxygen atoms in total. The Morgan fingerprint density at radius 3 is 2.85 bits per heavy atom. The van der Waals surface area contributed by atoms with Gasteiger partial charge < -0.3 is 5.73 Å². The van der Waals surface area contributed by atoms with Crippen LogP contribution in [0.2, 0.25) is 0 Å². The summed E-state index contributed by atoms with van der Waals surface area (Å²) < 4.78 is 0. The Morgan fingerprint density at radius 1 is 1.62 bits per heavy atom. The Kier molecular flexibility index (Phi) is 2.05. The van der Waals surface area contributed by atoms with Gasteiger partial charge in [0.25, 0.3) is 0 Å². The highest BCUT2D eigenvalue weighted by molar-refractivity contribution is 5.82. The molecule has 1 atom stereocenters. The average Bonchev–Trinajstić information content (AvgIpc) is 2.90. The van der Waals surface area contributed by atoms with E-state index in [9.17, 15) is 4.79 Å². The topological polar surface area (TPSA) is 43.1 Å². The Morgan fingerprint density at radius 2 is 2.38 bits per heavy atom. The van der Waals surface area contributed by atoms with Crippen molar-refractivity contribution in [2.24, 2.45) is 11.7 Å². The maximum Gasteiger partial charge on any atom is 0.225 e. The summed E-state index contributed by atoms with van der Waals surface area (Å²) in [6.45, 7) is 0. The molecule has 0 spiro atoms. The van der Waals surface area contributed by atoms with Crippen LogP contribution in [0.4, 0.5) is 0 Å². The van der Waals surface area contributed by atoms with Crippen molar-refractivity contribution in [1.29, 1.82) is 0 Å². The molecular weight excluding hydrogens is 162 g/mol. The van der Waals surface area contributed by atoms with E-state index in [2.05, 4.69) is 6.07 Å². The molecule has 0 bridgehead atoms. The largest absolute Gasteiger partial charge is 0.369 e. The third kappa shape index (κ3) is 1.72. The van der Waals surface area contributed by atoms with Gasteiger partial charge in [-0.3, -0.25) is 4.79 Å². The fourth-order valence-corrected chi connectivity index (χ4v) is 1.70. The van der Waals surface area contributed by atoms with E-state index in [-0.39, 0.29) is 11.8 Å². The molecule has 0 heterocycles. The molecule has 1 aliphatic carbocycles. The fraction of sp³-hybridized carbons (Fsp3) is 0.364. The monoisotopic (exact) mass is 174 g/mol. The van der Waals surface area contributed by atoms with Gasteiger partial charge in [-0.2, -0.15) is 0 Å². The predicted molar refractivity (Wildman–Crippen MR) is 49.9 cm³/mol. The number of hydrogen-bond donors (Lipinski definition) is 1. The van der Waals surface area contributed by atoms with Crippen molar-refractivity contribution in [2.75, 3.05) is 0 Å². The molecule has 2 rings (SSSR count). The van der Waals surface area contributed by atoms with Gasteiger partial charge in [-0.25, -0.2) is 0 Å². The Bertz CT molecular complexity index is 303. The van der Waals surface area contributed by atoms with E-state index in [1.54, 1.807) is 0 Å². The number of carbonyl (C=O) groups is 1. The van der Waals surface area contributed by atoms with Crippen molar-refractivity contribution < 1.29 is 4.79 Å². The van der Waals surface area contributed by atoms with Gasteiger partial charge in [0.2, 0.25) is 5.91 Å². The number of amides is 1. The number of rotatable bonds is 3. The number of nitrogens with two attached hydrogens (primary N) is 1.